The summed E-state index contributed by atoms with van der Waals surface area (Å²) in [6.07, 6.45) is 3.59. The average Bonchev–Trinajstić information content (AvgIpc) is 2.42. The molecule has 1 aromatic rings. The van der Waals surface area contributed by atoms with Crippen molar-refractivity contribution in [3.05, 3.63) is 29.8 Å². The van der Waals surface area contributed by atoms with Crippen molar-refractivity contribution in [3.8, 4) is 0 Å². The number of anilines is 1. The Morgan fingerprint density at radius 3 is 2.50 bits per heavy atom. The van der Waals surface area contributed by atoms with Crippen molar-refractivity contribution in [2.24, 2.45) is 0 Å². The number of thioether (sulfide) groups is 1. The molecule has 18 heavy (non-hydrogen) atoms. The Hall–Kier alpha value is -1.16. The summed E-state index contributed by atoms with van der Waals surface area (Å²) in [7, 11) is 0. The van der Waals surface area contributed by atoms with E-state index in [0.717, 1.165) is 37.4 Å². The average molecular weight is 264 g/mol. The molecule has 1 saturated heterocycles. The van der Waals surface area contributed by atoms with E-state index in [9.17, 15) is 4.79 Å². The molecule has 3 nitrogen and oxygen atoms in total. The molecule has 2 rings (SSSR count). The lowest BCUT2D eigenvalue weighted by Crippen LogP contribution is -2.36. The molecule has 0 unspecified atom stereocenters. The number of rotatable bonds is 4. The highest BCUT2D eigenvalue weighted by molar-refractivity contribution is 7.99. The van der Waals surface area contributed by atoms with Crippen LogP contribution in [0.25, 0.3) is 0 Å². The van der Waals surface area contributed by atoms with E-state index in [4.69, 9.17) is 5.73 Å². The van der Waals surface area contributed by atoms with E-state index in [1.807, 2.05) is 29.2 Å². The molecule has 1 fully saturated rings. The molecule has 0 bridgehead atoms. The van der Waals surface area contributed by atoms with E-state index < -0.39 is 0 Å². The minimum atomic E-state index is 0.287. The van der Waals surface area contributed by atoms with Crippen molar-refractivity contribution in [2.75, 3.05) is 24.6 Å². The van der Waals surface area contributed by atoms with Gasteiger partial charge in [0.2, 0.25) is 5.91 Å². The maximum atomic E-state index is 11.9. The number of hydrogen-bond donors (Lipinski definition) is 1. The lowest BCUT2D eigenvalue weighted by atomic mass is 10.1. The Bertz CT molecular complexity index is 385. The predicted molar refractivity (Wildman–Crippen MR) is 77.4 cm³/mol. The number of nitrogen functional groups attached to an aromatic ring is 1. The summed E-state index contributed by atoms with van der Waals surface area (Å²) >= 11 is 1.68. The summed E-state index contributed by atoms with van der Waals surface area (Å²) in [6.45, 7) is 1.89. The summed E-state index contributed by atoms with van der Waals surface area (Å²) in [4.78, 5) is 13.9. The first-order valence-electron chi connectivity index (χ1n) is 6.45. The normalized spacial score (nSPS) is 15.7. The van der Waals surface area contributed by atoms with Gasteiger partial charge in [-0.05, 0) is 37.0 Å². The number of nitrogens with two attached hydrogens (primary N) is 1. The number of benzene rings is 1. The van der Waals surface area contributed by atoms with Gasteiger partial charge in [0, 0.05) is 24.5 Å². The Balaban J connectivity index is 1.71. The standard InChI is InChI=1S/C14H20N2OS/c15-13-6-4-12(5-7-13)10-18-11-14(17)16-8-2-1-3-9-16/h4-7H,1-3,8-11,15H2. The van der Waals surface area contributed by atoms with Gasteiger partial charge in [0.05, 0.1) is 5.75 Å². The monoisotopic (exact) mass is 264 g/mol. The third-order valence-corrected chi connectivity index (χ3v) is 4.17. The van der Waals surface area contributed by atoms with Gasteiger partial charge >= 0.3 is 0 Å². The highest BCUT2D eigenvalue weighted by atomic mass is 32.2. The summed E-state index contributed by atoms with van der Waals surface area (Å²) < 4.78 is 0. The Morgan fingerprint density at radius 1 is 1.17 bits per heavy atom. The largest absolute Gasteiger partial charge is 0.399 e. The number of nitrogens with zero attached hydrogens (tertiary/aromatic N) is 1. The predicted octanol–water partition coefficient (Wildman–Crippen LogP) is 2.51. The zero-order valence-electron chi connectivity index (χ0n) is 10.6. The second-order valence-corrected chi connectivity index (χ2v) is 5.66. The fourth-order valence-electron chi connectivity index (χ4n) is 2.10. The number of carbonyl (C=O) groups is 1. The van der Waals surface area contributed by atoms with Gasteiger partial charge in [-0.2, -0.15) is 0 Å². The van der Waals surface area contributed by atoms with Gasteiger partial charge < -0.3 is 10.6 Å². The van der Waals surface area contributed by atoms with E-state index in [0.29, 0.717) is 5.75 Å². The Labute approximate surface area is 113 Å². The molecule has 0 aliphatic carbocycles. The van der Waals surface area contributed by atoms with Crippen LogP contribution in [0.4, 0.5) is 5.69 Å². The lowest BCUT2D eigenvalue weighted by Gasteiger charge is -2.26. The minimum absolute atomic E-state index is 0.287. The van der Waals surface area contributed by atoms with Crippen LogP contribution in [0, 0.1) is 0 Å². The first-order valence-corrected chi connectivity index (χ1v) is 7.61. The number of carbonyl (C=O) groups excluding carboxylic acids is 1. The van der Waals surface area contributed by atoms with Crippen LogP contribution >= 0.6 is 11.8 Å². The molecule has 0 saturated carbocycles. The highest BCUT2D eigenvalue weighted by Gasteiger charge is 2.15. The molecule has 4 heteroatoms. The first-order chi connectivity index (χ1) is 8.75. The van der Waals surface area contributed by atoms with E-state index in [1.165, 1.54) is 12.0 Å². The number of likely N-dealkylation sites (tertiary alicyclic amines) is 1. The fraction of sp³-hybridized carbons (Fsp3) is 0.500. The van der Waals surface area contributed by atoms with Crippen molar-refractivity contribution in [3.63, 3.8) is 0 Å². The van der Waals surface area contributed by atoms with Crippen LogP contribution in [0.5, 0.6) is 0 Å². The van der Waals surface area contributed by atoms with Crippen LogP contribution in [0.15, 0.2) is 24.3 Å². The fourth-order valence-corrected chi connectivity index (χ4v) is 2.99. The quantitative estimate of drug-likeness (QED) is 0.850. The highest BCUT2D eigenvalue weighted by Crippen LogP contribution is 2.16. The lowest BCUT2D eigenvalue weighted by molar-refractivity contribution is -0.129. The summed E-state index contributed by atoms with van der Waals surface area (Å²) in [5, 5.41) is 0. The van der Waals surface area contributed by atoms with Gasteiger partial charge in [-0.3, -0.25) is 4.79 Å². The number of amides is 1. The molecular formula is C14H20N2OS. The molecule has 0 radical (unpaired) electrons. The maximum Gasteiger partial charge on any atom is 0.232 e. The van der Waals surface area contributed by atoms with Crippen LogP contribution in [0.3, 0.4) is 0 Å². The summed E-state index contributed by atoms with van der Waals surface area (Å²) in [5.41, 5.74) is 7.64. The molecular weight excluding hydrogens is 244 g/mol. The Kier molecular flexibility index (Phi) is 4.93. The summed E-state index contributed by atoms with van der Waals surface area (Å²) in [5.74, 6) is 1.75. The van der Waals surface area contributed by atoms with Crippen molar-refractivity contribution in [1.82, 2.24) is 4.90 Å². The Morgan fingerprint density at radius 2 is 1.83 bits per heavy atom. The van der Waals surface area contributed by atoms with Gasteiger partial charge in [-0.1, -0.05) is 12.1 Å². The van der Waals surface area contributed by atoms with E-state index in [1.54, 1.807) is 11.8 Å². The van der Waals surface area contributed by atoms with Gasteiger partial charge in [0.15, 0.2) is 0 Å². The van der Waals surface area contributed by atoms with Gasteiger partial charge in [0.25, 0.3) is 0 Å². The zero-order valence-corrected chi connectivity index (χ0v) is 11.4. The van der Waals surface area contributed by atoms with Crippen LogP contribution in [-0.2, 0) is 10.5 Å². The molecule has 1 heterocycles. The summed E-state index contributed by atoms with van der Waals surface area (Å²) in [6, 6.07) is 7.85. The van der Waals surface area contributed by atoms with Crippen LogP contribution < -0.4 is 5.73 Å². The number of hydrogen-bond acceptors (Lipinski definition) is 3. The van der Waals surface area contributed by atoms with Crippen LogP contribution in [-0.4, -0.2) is 29.6 Å². The minimum Gasteiger partial charge on any atom is -0.399 e. The molecule has 1 amide bonds. The molecule has 0 spiro atoms. The topological polar surface area (TPSA) is 46.3 Å². The first kappa shape index (κ1) is 13.3. The third kappa shape index (κ3) is 3.95. The molecule has 1 aliphatic rings. The molecule has 0 aromatic heterocycles. The molecule has 0 atom stereocenters. The molecule has 1 aliphatic heterocycles. The second kappa shape index (κ2) is 6.69. The molecule has 1 aromatic carbocycles. The van der Waals surface area contributed by atoms with Crippen molar-refractivity contribution in [2.45, 2.75) is 25.0 Å². The zero-order chi connectivity index (χ0) is 12.8. The molecule has 2 N–H and O–H groups in total. The van der Waals surface area contributed by atoms with Crippen LogP contribution in [0.2, 0.25) is 0 Å². The van der Waals surface area contributed by atoms with Gasteiger partial charge in [0.1, 0.15) is 0 Å². The van der Waals surface area contributed by atoms with Gasteiger partial charge in [-0.25, -0.2) is 0 Å². The second-order valence-electron chi connectivity index (χ2n) is 4.68. The maximum absolute atomic E-state index is 11.9. The van der Waals surface area contributed by atoms with E-state index >= 15 is 0 Å². The SMILES string of the molecule is Nc1ccc(CSCC(=O)N2CCCCC2)cc1. The van der Waals surface area contributed by atoms with Gasteiger partial charge in [-0.15, -0.1) is 11.8 Å². The number of piperidine rings is 1. The van der Waals surface area contributed by atoms with E-state index in [-0.39, 0.29) is 5.91 Å². The van der Waals surface area contributed by atoms with E-state index in [2.05, 4.69) is 0 Å². The smallest absolute Gasteiger partial charge is 0.232 e. The third-order valence-electron chi connectivity index (χ3n) is 3.18. The van der Waals surface area contributed by atoms with Crippen LogP contribution in [0.1, 0.15) is 24.8 Å². The van der Waals surface area contributed by atoms with Crippen molar-refractivity contribution < 1.29 is 4.79 Å². The van der Waals surface area contributed by atoms with Crippen molar-refractivity contribution >= 4 is 23.4 Å². The van der Waals surface area contributed by atoms with Crippen molar-refractivity contribution in [1.29, 1.82) is 0 Å². The molecule has 98 valence electrons.